The van der Waals surface area contributed by atoms with Gasteiger partial charge in [-0.1, -0.05) is 24.6 Å². The summed E-state index contributed by atoms with van der Waals surface area (Å²) in [6, 6.07) is 8.80. The van der Waals surface area contributed by atoms with Gasteiger partial charge in [-0.25, -0.2) is 0 Å². The standard InChI is InChI=1S/C17H19ClS/c18-11-17(8-12-5-6-14(17)7-12)9-13-10-19-16-4-2-1-3-15(13)16/h1-4,10,12,14H,5-9,11H2. The number of rotatable bonds is 3. The lowest BCUT2D eigenvalue weighted by Gasteiger charge is -2.36. The lowest BCUT2D eigenvalue weighted by atomic mass is 9.71. The lowest BCUT2D eigenvalue weighted by Crippen LogP contribution is -2.32. The van der Waals surface area contributed by atoms with Gasteiger partial charge in [-0.15, -0.1) is 22.9 Å². The number of alkyl halides is 1. The summed E-state index contributed by atoms with van der Waals surface area (Å²) in [5.74, 6) is 2.69. The lowest BCUT2D eigenvalue weighted by molar-refractivity contribution is 0.194. The smallest absolute Gasteiger partial charge is 0.0345 e. The maximum absolute atomic E-state index is 6.43. The van der Waals surface area contributed by atoms with Gasteiger partial charge < -0.3 is 0 Å². The van der Waals surface area contributed by atoms with E-state index in [-0.39, 0.29) is 0 Å². The van der Waals surface area contributed by atoms with Crippen molar-refractivity contribution in [2.75, 3.05) is 5.88 Å². The fourth-order valence-corrected chi connectivity index (χ4v) is 5.92. The van der Waals surface area contributed by atoms with Crippen molar-refractivity contribution in [3.05, 3.63) is 35.2 Å². The molecule has 2 saturated carbocycles. The Balaban J connectivity index is 1.70. The predicted octanol–water partition coefficient (Wildman–Crippen LogP) is 5.49. The zero-order valence-electron chi connectivity index (χ0n) is 11.1. The molecule has 4 rings (SSSR count). The molecular formula is C17H19ClS. The van der Waals surface area contributed by atoms with E-state index in [2.05, 4.69) is 29.6 Å². The Bertz CT molecular complexity index is 602. The van der Waals surface area contributed by atoms with Gasteiger partial charge in [-0.3, -0.25) is 0 Å². The summed E-state index contributed by atoms with van der Waals surface area (Å²) in [6.07, 6.45) is 6.87. The fraction of sp³-hybridized carbons (Fsp3) is 0.529. The third-order valence-electron chi connectivity index (χ3n) is 5.47. The Morgan fingerprint density at radius 1 is 1.26 bits per heavy atom. The number of fused-ring (bicyclic) bond motifs is 3. The van der Waals surface area contributed by atoms with Crippen LogP contribution in [-0.4, -0.2) is 5.88 Å². The number of halogens is 1. The summed E-state index contributed by atoms with van der Waals surface area (Å²) in [6.45, 7) is 0. The molecule has 2 aliphatic rings. The van der Waals surface area contributed by atoms with E-state index in [1.165, 1.54) is 47.8 Å². The van der Waals surface area contributed by atoms with Crippen LogP contribution in [0.2, 0.25) is 0 Å². The van der Waals surface area contributed by atoms with Crippen LogP contribution in [0.15, 0.2) is 29.6 Å². The molecule has 0 nitrogen and oxygen atoms in total. The normalized spacial score (nSPS) is 33.3. The molecule has 0 N–H and O–H groups in total. The first kappa shape index (κ1) is 12.2. The van der Waals surface area contributed by atoms with Crippen molar-refractivity contribution < 1.29 is 0 Å². The maximum atomic E-state index is 6.43. The number of benzene rings is 1. The molecule has 1 aromatic heterocycles. The summed E-state index contributed by atoms with van der Waals surface area (Å²) in [5, 5.41) is 3.82. The van der Waals surface area contributed by atoms with Gasteiger partial charge in [0.15, 0.2) is 0 Å². The van der Waals surface area contributed by atoms with E-state index >= 15 is 0 Å². The second-order valence-electron chi connectivity index (χ2n) is 6.51. The van der Waals surface area contributed by atoms with Crippen molar-refractivity contribution in [3.63, 3.8) is 0 Å². The van der Waals surface area contributed by atoms with Crippen LogP contribution in [0.3, 0.4) is 0 Å². The van der Waals surface area contributed by atoms with E-state index in [0.717, 1.165) is 17.7 Å². The summed E-state index contributed by atoms with van der Waals surface area (Å²) in [5.41, 5.74) is 1.93. The molecule has 3 unspecified atom stereocenters. The molecule has 0 spiro atoms. The average Bonchev–Trinajstić information content (AvgIpc) is 3.14. The van der Waals surface area contributed by atoms with Gasteiger partial charge in [0, 0.05) is 10.6 Å². The van der Waals surface area contributed by atoms with Gasteiger partial charge in [0.2, 0.25) is 0 Å². The molecule has 0 amide bonds. The molecular weight excluding hydrogens is 272 g/mol. The molecule has 2 bridgehead atoms. The minimum Gasteiger partial charge on any atom is -0.144 e. The molecule has 100 valence electrons. The zero-order valence-corrected chi connectivity index (χ0v) is 12.6. The van der Waals surface area contributed by atoms with E-state index in [0.29, 0.717) is 5.41 Å². The molecule has 0 aliphatic heterocycles. The molecule has 2 heteroatoms. The molecule has 2 aliphatic carbocycles. The Morgan fingerprint density at radius 2 is 2.16 bits per heavy atom. The maximum Gasteiger partial charge on any atom is 0.0345 e. The summed E-state index contributed by atoms with van der Waals surface area (Å²) in [4.78, 5) is 0. The number of thiophene rings is 1. The van der Waals surface area contributed by atoms with Crippen LogP contribution in [0.25, 0.3) is 10.1 Å². The van der Waals surface area contributed by atoms with Crippen LogP contribution in [0, 0.1) is 17.3 Å². The van der Waals surface area contributed by atoms with Crippen molar-refractivity contribution >= 4 is 33.0 Å². The third kappa shape index (κ3) is 1.86. The SMILES string of the molecule is ClCC1(Cc2csc3ccccc23)CC2CCC1C2. The van der Waals surface area contributed by atoms with Crippen LogP contribution in [-0.2, 0) is 6.42 Å². The summed E-state index contributed by atoms with van der Waals surface area (Å²) < 4.78 is 1.42. The fourth-order valence-electron chi connectivity index (χ4n) is 4.53. The molecule has 19 heavy (non-hydrogen) atoms. The van der Waals surface area contributed by atoms with Gasteiger partial charge in [-0.2, -0.15) is 0 Å². The monoisotopic (exact) mass is 290 g/mol. The topological polar surface area (TPSA) is 0 Å². The van der Waals surface area contributed by atoms with Gasteiger partial charge in [0.05, 0.1) is 0 Å². The highest BCUT2D eigenvalue weighted by Gasteiger charge is 2.50. The van der Waals surface area contributed by atoms with Crippen LogP contribution < -0.4 is 0 Å². The molecule has 3 atom stereocenters. The highest BCUT2D eigenvalue weighted by Crippen LogP contribution is 2.58. The predicted molar refractivity (Wildman–Crippen MR) is 84.1 cm³/mol. The molecule has 2 fully saturated rings. The van der Waals surface area contributed by atoms with Crippen molar-refractivity contribution in [1.82, 2.24) is 0 Å². The largest absolute Gasteiger partial charge is 0.144 e. The van der Waals surface area contributed by atoms with Crippen molar-refractivity contribution in [1.29, 1.82) is 0 Å². The quantitative estimate of drug-likeness (QED) is 0.656. The Morgan fingerprint density at radius 3 is 2.89 bits per heavy atom. The molecule has 0 saturated heterocycles. The first-order valence-electron chi connectivity index (χ1n) is 7.32. The van der Waals surface area contributed by atoms with Gasteiger partial charge in [0.1, 0.15) is 0 Å². The van der Waals surface area contributed by atoms with Crippen LogP contribution in [0.4, 0.5) is 0 Å². The molecule has 1 aromatic carbocycles. The van der Waals surface area contributed by atoms with Gasteiger partial charge in [0.25, 0.3) is 0 Å². The Labute approximate surface area is 123 Å². The van der Waals surface area contributed by atoms with E-state index in [4.69, 9.17) is 11.6 Å². The van der Waals surface area contributed by atoms with Crippen LogP contribution in [0.5, 0.6) is 0 Å². The van der Waals surface area contributed by atoms with E-state index in [9.17, 15) is 0 Å². The van der Waals surface area contributed by atoms with Gasteiger partial charge in [-0.05, 0) is 65.3 Å². The zero-order chi connectivity index (χ0) is 12.9. The summed E-state index contributed by atoms with van der Waals surface area (Å²) in [7, 11) is 0. The Kier molecular flexibility index (Phi) is 2.89. The summed E-state index contributed by atoms with van der Waals surface area (Å²) >= 11 is 8.31. The number of hydrogen-bond acceptors (Lipinski definition) is 1. The molecule has 1 heterocycles. The third-order valence-corrected chi connectivity index (χ3v) is 7.02. The molecule has 0 radical (unpaired) electrons. The second kappa shape index (κ2) is 4.49. The van der Waals surface area contributed by atoms with E-state index in [1.54, 1.807) is 0 Å². The minimum absolute atomic E-state index is 0.397. The van der Waals surface area contributed by atoms with Crippen molar-refractivity contribution in [3.8, 4) is 0 Å². The number of hydrogen-bond donors (Lipinski definition) is 0. The Hall–Kier alpha value is -0.530. The first-order chi connectivity index (χ1) is 9.31. The van der Waals surface area contributed by atoms with E-state index < -0.39 is 0 Å². The second-order valence-corrected chi connectivity index (χ2v) is 7.69. The minimum atomic E-state index is 0.397. The average molecular weight is 291 g/mol. The highest BCUT2D eigenvalue weighted by atomic mass is 35.5. The first-order valence-corrected chi connectivity index (χ1v) is 8.73. The van der Waals surface area contributed by atoms with Crippen LogP contribution in [0.1, 0.15) is 31.2 Å². The van der Waals surface area contributed by atoms with Crippen LogP contribution >= 0.6 is 22.9 Å². The van der Waals surface area contributed by atoms with Gasteiger partial charge >= 0.3 is 0 Å². The van der Waals surface area contributed by atoms with Crippen molar-refractivity contribution in [2.24, 2.45) is 17.3 Å². The molecule has 2 aromatic rings. The highest BCUT2D eigenvalue weighted by molar-refractivity contribution is 7.17. The van der Waals surface area contributed by atoms with E-state index in [1.807, 2.05) is 11.3 Å². The van der Waals surface area contributed by atoms with Crippen molar-refractivity contribution in [2.45, 2.75) is 32.1 Å².